The molecule has 2 unspecified atom stereocenters. The maximum absolute atomic E-state index is 12.3. The Morgan fingerprint density at radius 2 is 1.82 bits per heavy atom. The van der Waals surface area contributed by atoms with Crippen molar-refractivity contribution in [1.29, 1.82) is 0 Å². The maximum Gasteiger partial charge on any atom is 0.523 e. The Balaban J connectivity index is 2.96. The quantitative estimate of drug-likeness (QED) is 0.610. The van der Waals surface area contributed by atoms with Crippen molar-refractivity contribution in [1.82, 2.24) is 0 Å². The Kier molecular flexibility index (Phi) is 5.95. The average molecular weight is 340 g/mol. The van der Waals surface area contributed by atoms with Crippen molar-refractivity contribution >= 4 is 16.1 Å². The van der Waals surface area contributed by atoms with Crippen molar-refractivity contribution in [3.63, 3.8) is 0 Å². The summed E-state index contributed by atoms with van der Waals surface area (Å²) in [6.07, 6.45) is -2.06. The van der Waals surface area contributed by atoms with Crippen LogP contribution >= 0.6 is 0 Å². The lowest BCUT2D eigenvalue weighted by Gasteiger charge is -2.20. The molecule has 0 spiro atoms. The third kappa shape index (κ3) is 4.70. The molecule has 0 amide bonds. The summed E-state index contributed by atoms with van der Waals surface area (Å²) in [5, 5.41) is 8.94. The van der Waals surface area contributed by atoms with Gasteiger partial charge in [0.25, 0.3) is 0 Å². The fourth-order valence-corrected chi connectivity index (χ4v) is 2.49. The van der Waals surface area contributed by atoms with Gasteiger partial charge in [-0.15, -0.1) is 0 Å². The molecule has 0 saturated heterocycles. The molecule has 1 aromatic rings. The first-order chi connectivity index (χ1) is 10.1. The van der Waals surface area contributed by atoms with E-state index in [-0.39, 0.29) is 6.42 Å². The number of carboxylic acids is 1. The van der Waals surface area contributed by atoms with E-state index in [1.54, 1.807) is 37.3 Å². The number of halogens is 3. The average Bonchev–Trinajstić information content (AvgIpc) is 2.42. The molecule has 0 heterocycles. The van der Waals surface area contributed by atoms with Crippen LogP contribution in [0.1, 0.15) is 31.2 Å². The van der Waals surface area contributed by atoms with Gasteiger partial charge < -0.3 is 5.11 Å². The van der Waals surface area contributed by atoms with Crippen molar-refractivity contribution in [2.75, 3.05) is 0 Å². The first-order valence-electron chi connectivity index (χ1n) is 6.35. The first-order valence-corrected chi connectivity index (χ1v) is 7.76. The van der Waals surface area contributed by atoms with Crippen molar-refractivity contribution in [2.24, 2.45) is 0 Å². The van der Waals surface area contributed by atoms with Crippen LogP contribution in [0.15, 0.2) is 30.3 Å². The maximum atomic E-state index is 12.3. The molecule has 0 aromatic heterocycles. The second-order valence-corrected chi connectivity index (χ2v) is 6.14. The standard InChI is InChI=1S/C13H15F3O5S/c1-2-9(10-6-4-3-5-7-10)8-11(12(17)18)21-22(19,20)13(14,15)16/h3-7,9,11H,2,8H2,1H3,(H,17,18). The van der Waals surface area contributed by atoms with Crippen LogP contribution in [0.2, 0.25) is 0 Å². The Morgan fingerprint density at radius 3 is 2.23 bits per heavy atom. The number of benzene rings is 1. The van der Waals surface area contributed by atoms with E-state index in [0.717, 1.165) is 0 Å². The van der Waals surface area contributed by atoms with Crippen molar-refractivity contribution in [3.8, 4) is 0 Å². The zero-order chi connectivity index (χ0) is 17.0. The molecule has 124 valence electrons. The highest BCUT2D eigenvalue weighted by Crippen LogP contribution is 2.30. The van der Waals surface area contributed by atoms with Crippen LogP contribution in [0.3, 0.4) is 0 Å². The van der Waals surface area contributed by atoms with Crippen LogP contribution in [-0.2, 0) is 19.1 Å². The van der Waals surface area contributed by atoms with Gasteiger partial charge in [-0.05, 0) is 24.3 Å². The summed E-state index contributed by atoms with van der Waals surface area (Å²) in [4.78, 5) is 11.0. The summed E-state index contributed by atoms with van der Waals surface area (Å²) in [5.41, 5.74) is -4.96. The molecule has 9 heteroatoms. The molecule has 0 aliphatic carbocycles. The van der Waals surface area contributed by atoms with E-state index in [9.17, 15) is 26.4 Å². The van der Waals surface area contributed by atoms with Crippen molar-refractivity contribution in [3.05, 3.63) is 35.9 Å². The minimum atomic E-state index is -5.96. The van der Waals surface area contributed by atoms with Gasteiger partial charge in [0.15, 0.2) is 6.10 Å². The second kappa shape index (κ2) is 7.10. The molecule has 0 aliphatic rings. The first kappa shape index (κ1) is 18.4. The summed E-state index contributed by atoms with van der Waals surface area (Å²) in [6.45, 7) is 1.72. The molecular weight excluding hydrogens is 325 g/mol. The van der Waals surface area contributed by atoms with Gasteiger partial charge in [0.2, 0.25) is 0 Å². The smallest absolute Gasteiger partial charge is 0.479 e. The lowest BCUT2D eigenvalue weighted by atomic mass is 9.91. The van der Waals surface area contributed by atoms with Crippen LogP contribution in [0.4, 0.5) is 13.2 Å². The number of hydrogen-bond acceptors (Lipinski definition) is 4. The summed E-state index contributed by atoms with van der Waals surface area (Å²) < 4.78 is 62.7. The minimum Gasteiger partial charge on any atom is -0.479 e. The number of carboxylic acid groups (broad SMARTS) is 1. The molecule has 0 fully saturated rings. The third-order valence-corrected chi connectivity index (χ3v) is 4.12. The van der Waals surface area contributed by atoms with Gasteiger partial charge in [-0.1, -0.05) is 37.3 Å². The van der Waals surface area contributed by atoms with Crippen LogP contribution in [0, 0.1) is 0 Å². The van der Waals surface area contributed by atoms with Gasteiger partial charge in [-0.2, -0.15) is 21.6 Å². The monoisotopic (exact) mass is 340 g/mol. The van der Waals surface area contributed by atoms with E-state index in [4.69, 9.17) is 5.11 Å². The summed E-state index contributed by atoms with van der Waals surface area (Å²) >= 11 is 0. The fraction of sp³-hybridized carbons (Fsp3) is 0.462. The Labute approximate surface area is 125 Å². The largest absolute Gasteiger partial charge is 0.523 e. The number of alkyl halides is 3. The van der Waals surface area contributed by atoms with Gasteiger partial charge >= 0.3 is 21.6 Å². The van der Waals surface area contributed by atoms with E-state index in [2.05, 4.69) is 4.18 Å². The van der Waals surface area contributed by atoms with Crippen molar-refractivity contribution < 1.29 is 35.7 Å². The molecule has 5 nitrogen and oxygen atoms in total. The van der Waals surface area contributed by atoms with Gasteiger partial charge in [0.05, 0.1) is 0 Å². The molecular formula is C13H15F3O5S. The summed E-state index contributed by atoms with van der Waals surface area (Å²) in [5.74, 6) is -2.20. The highest BCUT2D eigenvalue weighted by Gasteiger charge is 2.49. The number of rotatable bonds is 7. The molecule has 1 N–H and O–H groups in total. The third-order valence-electron chi connectivity index (χ3n) is 3.06. The SMILES string of the molecule is CCC(CC(OS(=O)(=O)C(F)(F)F)C(=O)O)c1ccccc1. The molecule has 0 radical (unpaired) electrons. The predicted molar refractivity (Wildman–Crippen MR) is 71.6 cm³/mol. The van der Waals surface area contributed by atoms with Crippen LogP contribution in [0.5, 0.6) is 0 Å². The molecule has 2 atom stereocenters. The highest BCUT2D eigenvalue weighted by molar-refractivity contribution is 7.87. The Hall–Kier alpha value is -1.61. The predicted octanol–water partition coefficient (Wildman–Crippen LogP) is 2.89. The Bertz CT molecular complexity index is 598. The lowest BCUT2D eigenvalue weighted by Crippen LogP contribution is -2.35. The van der Waals surface area contributed by atoms with Gasteiger partial charge in [-0.25, -0.2) is 8.98 Å². The zero-order valence-electron chi connectivity index (χ0n) is 11.6. The number of hydrogen-bond donors (Lipinski definition) is 1. The van der Waals surface area contributed by atoms with Gasteiger partial charge in [-0.3, -0.25) is 0 Å². The van der Waals surface area contributed by atoms with Gasteiger partial charge in [0.1, 0.15) is 0 Å². The summed E-state index contributed by atoms with van der Waals surface area (Å²) in [7, 11) is -5.96. The number of carbonyl (C=O) groups is 1. The highest BCUT2D eigenvalue weighted by atomic mass is 32.2. The zero-order valence-corrected chi connectivity index (χ0v) is 12.4. The molecule has 0 saturated carbocycles. The molecule has 0 aliphatic heterocycles. The minimum absolute atomic E-state index is 0.384. The van der Waals surface area contributed by atoms with Crippen molar-refractivity contribution in [2.45, 2.75) is 37.3 Å². The van der Waals surface area contributed by atoms with E-state index in [1.165, 1.54) is 0 Å². The van der Waals surface area contributed by atoms with Gasteiger partial charge in [0, 0.05) is 0 Å². The normalized spacial score (nSPS) is 15.3. The van der Waals surface area contributed by atoms with E-state index < -0.39 is 33.6 Å². The molecule has 1 rings (SSSR count). The van der Waals surface area contributed by atoms with E-state index in [0.29, 0.717) is 12.0 Å². The molecule has 1 aromatic carbocycles. The topological polar surface area (TPSA) is 80.7 Å². The number of aliphatic carboxylic acids is 1. The summed E-state index contributed by atoms with van der Waals surface area (Å²) in [6, 6.07) is 8.49. The second-order valence-electron chi connectivity index (χ2n) is 4.57. The van der Waals surface area contributed by atoms with Crippen LogP contribution in [-0.4, -0.2) is 31.1 Å². The fourth-order valence-electron chi connectivity index (χ4n) is 1.91. The molecule has 0 bridgehead atoms. The van der Waals surface area contributed by atoms with Crippen LogP contribution in [0.25, 0.3) is 0 Å². The lowest BCUT2D eigenvalue weighted by molar-refractivity contribution is -0.146. The Morgan fingerprint density at radius 1 is 1.27 bits per heavy atom. The van der Waals surface area contributed by atoms with Crippen LogP contribution < -0.4 is 0 Å². The van der Waals surface area contributed by atoms with E-state index in [1.807, 2.05) is 0 Å². The van der Waals surface area contributed by atoms with E-state index >= 15 is 0 Å². The molecule has 22 heavy (non-hydrogen) atoms.